The number of aromatic nitrogens is 3. The monoisotopic (exact) mass is 534 g/mol. The van der Waals surface area contributed by atoms with Gasteiger partial charge in [0.05, 0.1) is 15.7 Å². The quantitative estimate of drug-likeness (QED) is 0.329. The SMILES string of the molecule is CCCCc1nc2c(N)nc3ccsc3c2n1Cc1ccccc1CN1CCN(C(=O)OC(C)(C)C)CC1. The lowest BCUT2D eigenvalue weighted by atomic mass is 10.1. The first-order valence-electron chi connectivity index (χ1n) is 13.5. The highest BCUT2D eigenvalue weighted by Gasteiger charge is 2.26. The fourth-order valence-corrected chi connectivity index (χ4v) is 5.93. The molecule has 1 amide bonds. The number of aryl methyl sites for hydroxylation is 1. The maximum absolute atomic E-state index is 12.5. The molecule has 0 unspecified atom stereocenters. The first-order chi connectivity index (χ1) is 18.2. The summed E-state index contributed by atoms with van der Waals surface area (Å²) in [6.45, 7) is 12.5. The van der Waals surface area contributed by atoms with Crippen molar-refractivity contribution in [3.8, 4) is 0 Å². The van der Waals surface area contributed by atoms with Gasteiger partial charge < -0.3 is 19.9 Å². The fraction of sp³-hybridized carbons (Fsp3) is 0.483. The van der Waals surface area contributed by atoms with Crippen LogP contribution in [0.15, 0.2) is 35.7 Å². The zero-order chi connectivity index (χ0) is 26.9. The molecule has 0 bridgehead atoms. The number of hydrogen-bond donors (Lipinski definition) is 1. The van der Waals surface area contributed by atoms with Crippen LogP contribution >= 0.6 is 11.3 Å². The Morgan fingerprint density at radius 1 is 1.05 bits per heavy atom. The number of nitrogens with zero attached hydrogens (tertiary/aromatic N) is 5. The van der Waals surface area contributed by atoms with Gasteiger partial charge in [-0.1, -0.05) is 37.6 Å². The number of hydrogen-bond acceptors (Lipinski definition) is 7. The van der Waals surface area contributed by atoms with Crippen LogP contribution in [-0.4, -0.2) is 62.2 Å². The summed E-state index contributed by atoms with van der Waals surface area (Å²) in [6.07, 6.45) is 2.87. The molecule has 0 spiro atoms. The molecule has 1 aromatic carbocycles. The number of benzene rings is 1. The summed E-state index contributed by atoms with van der Waals surface area (Å²) in [5, 5.41) is 2.07. The third kappa shape index (κ3) is 5.63. The van der Waals surface area contributed by atoms with Crippen LogP contribution in [0.2, 0.25) is 0 Å². The molecular formula is C29H38N6O2S. The highest BCUT2D eigenvalue weighted by atomic mass is 32.1. The number of unbranched alkanes of at least 4 members (excludes halogenated alkanes) is 1. The number of ether oxygens (including phenoxy) is 1. The second-order valence-electron chi connectivity index (χ2n) is 11.1. The standard InChI is InChI=1S/C29H38N6O2S/c1-5-6-11-23-32-24-25(26-22(12-17-38-26)31-27(24)30)35(23)19-21-10-8-7-9-20(21)18-33-13-15-34(16-14-33)28(36)37-29(2,3)4/h7-10,12,17H,5-6,11,13-16,18-19H2,1-4H3,(H2,30,31). The van der Waals surface area contributed by atoms with Crippen LogP contribution in [0.4, 0.5) is 10.6 Å². The first-order valence-corrected chi connectivity index (χ1v) is 14.4. The number of piperazine rings is 1. The van der Waals surface area contributed by atoms with Crippen LogP contribution in [0.5, 0.6) is 0 Å². The van der Waals surface area contributed by atoms with Gasteiger partial charge in [0.25, 0.3) is 0 Å². The summed E-state index contributed by atoms with van der Waals surface area (Å²) in [5.41, 5.74) is 11.3. The minimum absolute atomic E-state index is 0.224. The van der Waals surface area contributed by atoms with E-state index in [4.69, 9.17) is 15.5 Å². The van der Waals surface area contributed by atoms with Crippen LogP contribution in [-0.2, 0) is 24.2 Å². The average molecular weight is 535 g/mol. The largest absolute Gasteiger partial charge is 0.444 e. The van der Waals surface area contributed by atoms with Gasteiger partial charge in [-0.05, 0) is 49.8 Å². The van der Waals surface area contributed by atoms with E-state index >= 15 is 0 Å². The lowest BCUT2D eigenvalue weighted by molar-refractivity contribution is 0.0139. The molecule has 0 radical (unpaired) electrons. The number of imidazole rings is 1. The Hall–Kier alpha value is -3.17. The molecule has 8 nitrogen and oxygen atoms in total. The Labute approximate surface area is 228 Å². The summed E-state index contributed by atoms with van der Waals surface area (Å²) in [6, 6.07) is 10.7. The summed E-state index contributed by atoms with van der Waals surface area (Å²) in [5.74, 6) is 1.57. The van der Waals surface area contributed by atoms with E-state index in [0.717, 1.165) is 72.5 Å². The number of carbonyl (C=O) groups is 1. The van der Waals surface area contributed by atoms with Crippen molar-refractivity contribution in [1.29, 1.82) is 0 Å². The van der Waals surface area contributed by atoms with Crippen LogP contribution in [0, 0.1) is 0 Å². The maximum Gasteiger partial charge on any atom is 0.410 e. The van der Waals surface area contributed by atoms with Gasteiger partial charge >= 0.3 is 6.09 Å². The van der Waals surface area contributed by atoms with Gasteiger partial charge in [-0.15, -0.1) is 11.3 Å². The molecule has 1 aliphatic rings. The van der Waals surface area contributed by atoms with E-state index in [-0.39, 0.29) is 6.09 Å². The minimum Gasteiger partial charge on any atom is -0.444 e. The number of nitrogens with two attached hydrogens (primary N) is 1. The van der Waals surface area contributed by atoms with E-state index in [1.54, 1.807) is 11.3 Å². The van der Waals surface area contributed by atoms with Gasteiger partial charge in [0.2, 0.25) is 0 Å². The molecule has 38 heavy (non-hydrogen) atoms. The second kappa shape index (κ2) is 10.9. The normalized spacial score (nSPS) is 15.0. The molecular weight excluding hydrogens is 496 g/mol. The van der Waals surface area contributed by atoms with Crippen LogP contribution in [0.3, 0.4) is 0 Å². The topological polar surface area (TPSA) is 89.5 Å². The summed E-state index contributed by atoms with van der Waals surface area (Å²) in [7, 11) is 0. The number of pyridine rings is 1. The van der Waals surface area contributed by atoms with Crippen molar-refractivity contribution in [3.63, 3.8) is 0 Å². The lowest BCUT2D eigenvalue weighted by Gasteiger charge is -2.35. The van der Waals surface area contributed by atoms with Crippen molar-refractivity contribution in [3.05, 3.63) is 52.7 Å². The molecule has 0 atom stereocenters. The Kier molecular flexibility index (Phi) is 7.59. The molecule has 5 rings (SSSR count). The van der Waals surface area contributed by atoms with E-state index in [9.17, 15) is 4.79 Å². The Morgan fingerprint density at radius 3 is 2.45 bits per heavy atom. The predicted octanol–water partition coefficient (Wildman–Crippen LogP) is 5.67. The van der Waals surface area contributed by atoms with Crippen molar-refractivity contribution in [1.82, 2.24) is 24.3 Å². The van der Waals surface area contributed by atoms with Crippen LogP contribution < -0.4 is 5.73 Å². The van der Waals surface area contributed by atoms with Crippen molar-refractivity contribution >= 4 is 44.5 Å². The number of nitrogen functional groups attached to an aromatic ring is 1. The number of amides is 1. The molecule has 1 fully saturated rings. The molecule has 2 N–H and O–H groups in total. The van der Waals surface area contributed by atoms with E-state index < -0.39 is 5.60 Å². The highest BCUT2D eigenvalue weighted by Crippen LogP contribution is 2.33. The molecule has 3 aromatic heterocycles. The molecule has 1 aliphatic heterocycles. The highest BCUT2D eigenvalue weighted by molar-refractivity contribution is 7.18. The molecule has 9 heteroatoms. The Morgan fingerprint density at radius 2 is 1.76 bits per heavy atom. The molecule has 202 valence electrons. The molecule has 1 saturated heterocycles. The van der Waals surface area contributed by atoms with Gasteiger partial charge in [0.15, 0.2) is 5.82 Å². The second-order valence-corrected chi connectivity index (χ2v) is 12.0. The Balaban J connectivity index is 1.39. The van der Waals surface area contributed by atoms with Gasteiger partial charge in [-0.2, -0.15) is 0 Å². The third-order valence-corrected chi connectivity index (χ3v) is 7.92. The molecule has 4 aromatic rings. The Bertz CT molecular complexity index is 1430. The predicted molar refractivity (Wildman–Crippen MR) is 155 cm³/mol. The fourth-order valence-electron chi connectivity index (χ4n) is 5.05. The number of carbonyl (C=O) groups excluding carboxylic acids is 1. The van der Waals surface area contributed by atoms with Gasteiger partial charge in [-0.3, -0.25) is 4.90 Å². The average Bonchev–Trinajstić information content (AvgIpc) is 3.48. The number of thiophene rings is 1. The van der Waals surface area contributed by atoms with E-state index in [0.29, 0.717) is 18.9 Å². The van der Waals surface area contributed by atoms with Crippen LogP contribution in [0.25, 0.3) is 21.3 Å². The van der Waals surface area contributed by atoms with Crippen molar-refractivity contribution in [2.24, 2.45) is 0 Å². The van der Waals surface area contributed by atoms with Crippen molar-refractivity contribution in [2.45, 2.75) is 65.6 Å². The lowest BCUT2D eigenvalue weighted by Crippen LogP contribution is -2.49. The zero-order valence-electron chi connectivity index (χ0n) is 22.9. The van der Waals surface area contributed by atoms with Crippen molar-refractivity contribution in [2.75, 3.05) is 31.9 Å². The third-order valence-electron chi connectivity index (χ3n) is 7.01. The van der Waals surface area contributed by atoms with Crippen LogP contribution in [0.1, 0.15) is 57.5 Å². The number of anilines is 1. The summed E-state index contributed by atoms with van der Waals surface area (Å²) < 4.78 is 9.06. The van der Waals surface area contributed by atoms with Crippen molar-refractivity contribution < 1.29 is 9.53 Å². The summed E-state index contributed by atoms with van der Waals surface area (Å²) in [4.78, 5) is 26.3. The zero-order valence-corrected chi connectivity index (χ0v) is 23.7. The van der Waals surface area contributed by atoms with E-state index in [1.807, 2.05) is 31.7 Å². The van der Waals surface area contributed by atoms with Gasteiger partial charge in [0.1, 0.15) is 16.9 Å². The van der Waals surface area contributed by atoms with Gasteiger partial charge in [-0.25, -0.2) is 14.8 Å². The molecule has 0 aliphatic carbocycles. The van der Waals surface area contributed by atoms with E-state index in [2.05, 4.69) is 51.0 Å². The molecule has 0 saturated carbocycles. The summed E-state index contributed by atoms with van der Waals surface area (Å²) >= 11 is 1.70. The smallest absolute Gasteiger partial charge is 0.410 e. The van der Waals surface area contributed by atoms with Gasteiger partial charge in [0, 0.05) is 45.7 Å². The minimum atomic E-state index is -0.476. The number of fused-ring (bicyclic) bond motifs is 3. The number of rotatable bonds is 7. The first kappa shape index (κ1) is 26.4. The maximum atomic E-state index is 12.5. The van der Waals surface area contributed by atoms with E-state index in [1.165, 1.54) is 11.1 Å². The molecule has 4 heterocycles.